The summed E-state index contributed by atoms with van der Waals surface area (Å²) >= 11 is 0. The number of benzene rings is 2. The fourth-order valence-electron chi connectivity index (χ4n) is 2.93. The SMILES string of the molecule is CCOc1ccc2c(c1)c1cc(N=CN(C)C)ccc1n2CC. The monoisotopic (exact) mass is 309 g/mol. The maximum absolute atomic E-state index is 5.67. The Morgan fingerprint density at radius 1 is 1.04 bits per heavy atom. The predicted molar refractivity (Wildman–Crippen MR) is 98.1 cm³/mol. The highest BCUT2D eigenvalue weighted by atomic mass is 16.5. The number of hydrogen-bond donors (Lipinski definition) is 0. The Hall–Kier alpha value is -2.49. The zero-order chi connectivity index (χ0) is 16.4. The Morgan fingerprint density at radius 2 is 1.74 bits per heavy atom. The van der Waals surface area contributed by atoms with Crippen LogP contribution in [-0.4, -0.2) is 36.5 Å². The largest absolute Gasteiger partial charge is 0.494 e. The van der Waals surface area contributed by atoms with Gasteiger partial charge >= 0.3 is 0 Å². The van der Waals surface area contributed by atoms with E-state index in [9.17, 15) is 0 Å². The number of aryl methyl sites for hydroxylation is 1. The van der Waals surface area contributed by atoms with Crippen LogP contribution in [0.3, 0.4) is 0 Å². The van der Waals surface area contributed by atoms with Crippen LogP contribution < -0.4 is 4.74 Å². The maximum Gasteiger partial charge on any atom is 0.120 e. The Kier molecular flexibility index (Phi) is 4.24. The summed E-state index contributed by atoms with van der Waals surface area (Å²) < 4.78 is 8.00. The number of hydrogen-bond acceptors (Lipinski definition) is 2. The van der Waals surface area contributed by atoms with Crippen LogP contribution in [0.4, 0.5) is 5.69 Å². The van der Waals surface area contributed by atoms with Crippen LogP contribution in [0.1, 0.15) is 13.8 Å². The first-order valence-electron chi connectivity index (χ1n) is 8.03. The standard InChI is InChI=1S/C19H23N3O/c1-5-22-18-9-7-14(20-13-21(3)4)11-16(18)17-12-15(23-6-2)8-10-19(17)22/h7-13H,5-6H2,1-4H3. The fraction of sp³-hybridized carbons (Fsp3) is 0.316. The molecule has 0 fully saturated rings. The molecule has 120 valence electrons. The molecule has 0 radical (unpaired) electrons. The minimum absolute atomic E-state index is 0.677. The summed E-state index contributed by atoms with van der Waals surface area (Å²) in [5, 5.41) is 2.44. The van der Waals surface area contributed by atoms with Gasteiger partial charge < -0.3 is 14.2 Å². The van der Waals surface area contributed by atoms with Crippen LogP contribution in [0.15, 0.2) is 41.4 Å². The molecule has 0 unspecified atom stereocenters. The normalized spacial score (nSPS) is 11.7. The molecule has 0 amide bonds. The van der Waals surface area contributed by atoms with Gasteiger partial charge in [0.25, 0.3) is 0 Å². The van der Waals surface area contributed by atoms with Crippen LogP contribution in [-0.2, 0) is 6.54 Å². The molecule has 1 aromatic heterocycles. The number of aliphatic imine (C=N–C) groups is 1. The van der Waals surface area contributed by atoms with E-state index in [0.717, 1.165) is 18.0 Å². The number of rotatable bonds is 5. The van der Waals surface area contributed by atoms with E-state index >= 15 is 0 Å². The van der Waals surface area contributed by atoms with Gasteiger partial charge in [0.05, 0.1) is 18.6 Å². The van der Waals surface area contributed by atoms with Crippen molar-refractivity contribution in [1.82, 2.24) is 9.47 Å². The lowest BCUT2D eigenvalue weighted by Gasteiger charge is -2.05. The van der Waals surface area contributed by atoms with Gasteiger partial charge in [-0.05, 0) is 50.2 Å². The van der Waals surface area contributed by atoms with Crippen LogP contribution >= 0.6 is 0 Å². The molecular weight excluding hydrogens is 286 g/mol. The molecule has 1 heterocycles. The van der Waals surface area contributed by atoms with Crippen molar-refractivity contribution in [3.8, 4) is 5.75 Å². The Labute approximate surface area is 137 Å². The predicted octanol–water partition coefficient (Wildman–Crippen LogP) is 4.43. The van der Waals surface area contributed by atoms with Gasteiger partial charge in [-0.25, -0.2) is 4.99 Å². The van der Waals surface area contributed by atoms with Crippen LogP contribution in [0.25, 0.3) is 21.8 Å². The van der Waals surface area contributed by atoms with Crippen molar-refractivity contribution in [1.29, 1.82) is 0 Å². The highest BCUT2D eigenvalue weighted by Gasteiger charge is 2.11. The Bertz CT molecular complexity index is 862. The van der Waals surface area contributed by atoms with E-state index in [4.69, 9.17) is 4.74 Å². The lowest BCUT2D eigenvalue weighted by atomic mass is 10.1. The van der Waals surface area contributed by atoms with Crippen molar-refractivity contribution in [2.45, 2.75) is 20.4 Å². The molecule has 0 aliphatic heterocycles. The third-order valence-corrected chi connectivity index (χ3v) is 3.88. The fourth-order valence-corrected chi connectivity index (χ4v) is 2.93. The van der Waals surface area contributed by atoms with E-state index in [2.05, 4.69) is 46.8 Å². The minimum Gasteiger partial charge on any atom is -0.494 e. The lowest BCUT2D eigenvalue weighted by Crippen LogP contribution is -2.06. The molecule has 0 spiro atoms. The van der Waals surface area contributed by atoms with E-state index in [1.54, 1.807) is 0 Å². The highest BCUT2D eigenvalue weighted by molar-refractivity contribution is 6.09. The minimum atomic E-state index is 0.677. The van der Waals surface area contributed by atoms with Gasteiger partial charge in [-0.1, -0.05) is 0 Å². The molecule has 3 aromatic rings. The number of nitrogens with zero attached hydrogens (tertiary/aromatic N) is 3. The van der Waals surface area contributed by atoms with Gasteiger partial charge in [0.1, 0.15) is 5.75 Å². The van der Waals surface area contributed by atoms with Crippen LogP contribution in [0, 0.1) is 0 Å². The Balaban J connectivity index is 2.23. The molecule has 0 atom stereocenters. The van der Waals surface area contributed by atoms with Gasteiger partial charge in [0.15, 0.2) is 0 Å². The van der Waals surface area contributed by atoms with Crippen molar-refractivity contribution >= 4 is 33.8 Å². The van der Waals surface area contributed by atoms with E-state index in [0.29, 0.717) is 6.61 Å². The first-order valence-corrected chi connectivity index (χ1v) is 8.03. The van der Waals surface area contributed by atoms with E-state index in [-0.39, 0.29) is 0 Å². The Morgan fingerprint density at radius 3 is 2.39 bits per heavy atom. The summed E-state index contributed by atoms with van der Waals surface area (Å²) in [6, 6.07) is 12.7. The average Bonchev–Trinajstić information content (AvgIpc) is 2.86. The second kappa shape index (κ2) is 6.32. The van der Waals surface area contributed by atoms with Gasteiger partial charge in [0, 0.05) is 42.4 Å². The summed E-state index contributed by atoms with van der Waals surface area (Å²) in [4.78, 5) is 6.45. The van der Waals surface area contributed by atoms with E-state index < -0.39 is 0 Å². The molecule has 0 aliphatic rings. The van der Waals surface area contributed by atoms with Gasteiger partial charge in [-0.3, -0.25) is 0 Å². The zero-order valence-electron chi connectivity index (χ0n) is 14.2. The third-order valence-electron chi connectivity index (χ3n) is 3.88. The molecule has 0 N–H and O–H groups in total. The second-order valence-electron chi connectivity index (χ2n) is 5.77. The summed E-state index contributed by atoms with van der Waals surface area (Å²) in [5.41, 5.74) is 3.43. The maximum atomic E-state index is 5.67. The molecule has 0 saturated carbocycles. The topological polar surface area (TPSA) is 29.8 Å². The molecule has 2 aromatic carbocycles. The number of aromatic nitrogens is 1. The summed E-state index contributed by atoms with van der Waals surface area (Å²) in [5.74, 6) is 0.914. The quantitative estimate of drug-likeness (QED) is 0.515. The third kappa shape index (κ3) is 2.89. The lowest BCUT2D eigenvalue weighted by molar-refractivity contribution is 0.341. The van der Waals surface area contributed by atoms with Crippen molar-refractivity contribution in [3.05, 3.63) is 36.4 Å². The molecule has 4 heteroatoms. The summed E-state index contributed by atoms with van der Waals surface area (Å²) in [6.07, 6.45) is 1.83. The first-order chi connectivity index (χ1) is 11.1. The van der Waals surface area contributed by atoms with Gasteiger partial charge in [-0.15, -0.1) is 0 Å². The molecule has 0 aliphatic carbocycles. The molecule has 0 saturated heterocycles. The highest BCUT2D eigenvalue weighted by Crippen LogP contribution is 2.34. The average molecular weight is 309 g/mol. The van der Waals surface area contributed by atoms with Gasteiger partial charge in [-0.2, -0.15) is 0 Å². The zero-order valence-corrected chi connectivity index (χ0v) is 14.2. The summed E-state index contributed by atoms with van der Waals surface area (Å²) in [6.45, 7) is 5.80. The first kappa shape index (κ1) is 15.4. The van der Waals surface area contributed by atoms with E-state index in [1.807, 2.05) is 38.3 Å². The number of ether oxygens (including phenoxy) is 1. The van der Waals surface area contributed by atoms with Crippen molar-refractivity contribution in [2.24, 2.45) is 4.99 Å². The van der Waals surface area contributed by atoms with Crippen LogP contribution in [0.5, 0.6) is 5.75 Å². The summed E-state index contributed by atoms with van der Waals surface area (Å²) in [7, 11) is 3.94. The molecule has 4 nitrogen and oxygen atoms in total. The molecular formula is C19H23N3O. The van der Waals surface area contributed by atoms with Gasteiger partial charge in [0.2, 0.25) is 0 Å². The van der Waals surface area contributed by atoms with Crippen molar-refractivity contribution in [3.63, 3.8) is 0 Å². The smallest absolute Gasteiger partial charge is 0.120 e. The molecule has 3 rings (SSSR count). The molecule has 0 bridgehead atoms. The second-order valence-corrected chi connectivity index (χ2v) is 5.77. The number of fused-ring (bicyclic) bond motifs is 3. The van der Waals surface area contributed by atoms with Crippen molar-refractivity contribution in [2.75, 3.05) is 20.7 Å². The van der Waals surface area contributed by atoms with Crippen LogP contribution in [0.2, 0.25) is 0 Å². The van der Waals surface area contributed by atoms with E-state index in [1.165, 1.54) is 21.8 Å². The van der Waals surface area contributed by atoms with Crippen molar-refractivity contribution < 1.29 is 4.74 Å². The molecule has 23 heavy (non-hydrogen) atoms.